The maximum atomic E-state index is 15.3. The molecule has 1 aliphatic carbocycles. The highest BCUT2D eigenvalue weighted by Gasteiger charge is 2.27. The molecule has 130 valence electrons. The first-order chi connectivity index (χ1) is 12.1. The van der Waals surface area contributed by atoms with Crippen molar-refractivity contribution in [2.24, 2.45) is 0 Å². The molecule has 0 saturated carbocycles. The predicted octanol–water partition coefficient (Wildman–Crippen LogP) is 5.78. The molecule has 4 nitrogen and oxygen atoms in total. The van der Waals surface area contributed by atoms with Crippen LogP contribution in [0.2, 0.25) is 5.28 Å². The number of fused-ring (bicyclic) bond motifs is 1. The van der Waals surface area contributed by atoms with Gasteiger partial charge in [-0.1, -0.05) is 18.2 Å². The van der Waals surface area contributed by atoms with E-state index >= 15 is 4.39 Å². The van der Waals surface area contributed by atoms with Crippen molar-refractivity contribution in [3.8, 4) is 0 Å². The quantitative estimate of drug-likeness (QED) is 0.522. The van der Waals surface area contributed by atoms with Crippen molar-refractivity contribution in [2.75, 3.05) is 5.32 Å². The zero-order chi connectivity index (χ0) is 17.4. The van der Waals surface area contributed by atoms with E-state index in [0.29, 0.717) is 28.0 Å². The third kappa shape index (κ3) is 3.20. The highest BCUT2D eigenvalue weighted by molar-refractivity contribution is 9.10. The lowest BCUT2D eigenvalue weighted by molar-refractivity contribution is 0.558. The van der Waals surface area contributed by atoms with Crippen LogP contribution in [-0.2, 0) is 6.54 Å². The Kier molecular flexibility index (Phi) is 4.80. The van der Waals surface area contributed by atoms with Crippen LogP contribution in [-0.4, -0.2) is 14.6 Å². The maximum Gasteiger partial charge on any atom is 0.243 e. The van der Waals surface area contributed by atoms with Gasteiger partial charge >= 0.3 is 0 Å². The normalized spacial score (nSPS) is 17.3. The van der Waals surface area contributed by atoms with Gasteiger partial charge in [0, 0.05) is 10.4 Å². The summed E-state index contributed by atoms with van der Waals surface area (Å²) in [5, 5.41) is 9.46. The van der Waals surface area contributed by atoms with Crippen LogP contribution < -0.4 is 5.32 Å². The molecule has 4 rings (SSSR count). The fourth-order valence-corrected chi connectivity index (χ4v) is 4.74. The van der Waals surface area contributed by atoms with Crippen LogP contribution in [0.25, 0.3) is 5.52 Å². The van der Waals surface area contributed by atoms with Gasteiger partial charge in [0.05, 0.1) is 6.54 Å². The van der Waals surface area contributed by atoms with E-state index in [9.17, 15) is 0 Å². The average molecular weight is 442 g/mol. The second kappa shape index (κ2) is 7.05. The topological polar surface area (TPSA) is 42.2 Å². The van der Waals surface area contributed by atoms with E-state index in [1.54, 1.807) is 11.3 Å². The summed E-state index contributed by atoms with van der Waals surface area (Å²) in [6, 6.07) is 4.00. The predicted molar refractivity (Wildman–Crippen MR) is 103 cm³/mol. The van der Waals surface area contributed by atoms with Crippen LogP contribution in [0.4, 0.5) is 10.2 Å². The Morgan fingerprint density at radius 2 is 2.32 bits per heavy atom. The zero-order valence-corrected chi connectivity index (χ0v) is 16.3. The second-order valence-corrected chi connectivity index (χ2v) is 8.04. The van der Waals surface area contributed by atoms with E-state index in [1.807, 2.05) is 17.5 Å². The van der Waals surface area contributed by atoms with E-state index < -0.39 is 0 Å². The van der Waals surface area contributed by atoms with E-state index in [0.717, 1.165) is 24.1 Å². The van der Waals surface area contributed by atoms with Gasteiger partial charge in [-0.25, -0.2) is 8.91 Å². The van der Waals surface area contributed by atoms with Crippen LogP contribution in [0, 0.1) is 5.82 Å². The minimum Gasteiger partial charge on any atom is -0.363 e. The first-order valence-electron chi connectivity index (χ1n) is 7.99. The van der Waals surface area contributed by atoms with Crippen molar-refractivity contribution in [2.45, 2.75) is 31.7 Å². The molecular formula is C17H15BrClFN4S. The second-order valence-electron chi connectivity index (χ2n) is 5.92. The van der Waals surface area contributed by atoms with Gasteiger partial charge in [0.15, 0.2) is 11.6 Å². The number of thiophene rings is 1. The molecule has 1 unspecified atom stereocenters. The number of rotatable bonds is 4. The Morgan fingerprint density at radius 3 is 3.04 bits per heavy atom. The maximum absolute atomic E-state index is 15.3. The Bertz CT molecular complexity index is 938. The average Bonchev–Trinajstić information content (AvgIpc) is 3.21. The summed E-state index contributed by atoms with van der Waals surface area (Å²) in [7, 11) is 0. The van der Waals surface area contributed by atoms with Crippen molar-refractivity contribution in [3.05, 3.63) is 55.8 Å². The number of nitrogens with zero attached hydrogens (tertiary/aromatic N) is 3. The lowest BCUT2D eigenvalue weighted by Gasteiger charge is -2.17. The molecule has 3 heterocycles. The number of hydrogen-bond acceptors (Lipinski definition) is 4. The number of hydrogen-bond donors (Lipinski definition) is 1. The summed E-state index contributed by atoms with van der Waals surface area (Å²) in [6.07, 6.45) is 6.95. The van der Waals surface area contributed by atoms with Crippen molar-refractivity contribution in [1.29, 1.82) is 0 Å². The number of halogens is 3. The molecule has 0 bridgehead atoms. The smallest absolute Gasteiger partial charge is 0.243 e. The Balaban J connectivity index is 1.79. The minimum absolute atomic E-state index is 0.0759. The van der Waals surface area contributed by atoms with Gasteiger partial charge in [0.2, 0.25) is 5.28 Å². The van der Waals surface area contributed by atoms with Gasteiger partial charge in [0.25, 0.3) is 0 Å². The van der Waals surface area contributed by atoms with Gasteiger partial charge < -0.3 is 5.32 Å². The zero-order valence-electron chi connectivity index (χ0n) is 13.2. The van der Waals surface area contributed by atoms with E-state index in [4.69, 9.17) is 11.6 Å². The first kappa shape index (κ1) is 17.0. The van der Waals surface area contributed by atoms with Crippen LogP contribution in [0.15, 0.2) is 34.3 Å². The molecule has 1 aliphatic rings. The van der Waals surface area contributed by atoms with Gasteiger partial charge in [-0.2, -0.15) is 4.98 Å². The molecule has 0 aliphatic heterocycles. The van der Waals surface area contributed by atoms with Gasteiger partial charge in [-0.3, -0.25) is 0 Å². The highest BCUT2D eigenvalue weighted by Crippen LogP contribution is 2.40. The van der Waals surface area contributed by atoms with Crippen molar-refractivity contribution < 1.29 is 4.39 Å². The van der Waals surface area contributed by atoms with Gasteiger partial charge in [0.1, 0.15) is 10.1 Å². The molecule has 0 spiro atoms. The monoisotopic (exact) mass is 440 g/mol. The summed E-state index contributed by atoms with van der Waals surface area (Å²) in [5.74, 6) is 0.256. The highest BCUT2D eigenvalue weighted by atomic mass is 79.9. The molecule has 0 amide bonds. The molecule has 0 saturated heterocycles. The summed E-state index contributed by atoms with van der Waals surface area (Å²) in [4.78, 5) is 5.35. The summed E-state index contributed by atoms with van der Waals surface area (Å²) < 4.78 is 17.4. The van der Waals surface area contributed by atoms with Crippen molar-refractivity contribution in [1.82, 2.24) is 14.6 Å². The van der Waals surface area contributed by atoms with E-state index in [1.165, 1.54) is 4.52 Å². The largest absolute Gasteiger partial charge is 0.363 e. The summed E-state index contributed by atoms with van der Waals surface area (Å²) >= 11 is 11.2. The van der Waals surface area contributed by atoms with Crippen LogP contribution >= 0.6 is 38.9 Å². The SMILES string of the molecule is Fc1c(C2CC=CCC2)c(Br)n2nc(Cl)nc(NCc3cccs3)c12. The molecule has 0 radical (unpaired) electrons. The molecule has 25 heavy (non-hydrogen) atoms. The van der Waals surface area contributed by atoms with Crippen LogP contribution in [0.3, 0.4) is 0 Å². The molecule has 1 atom stereocenters. The molecule has 3 aromatic heterocycles. The first-order valence-corrected chi connectivity index (χ1v) is 10.0. The lowest BCUT2D eigenvalue weighted by Crippen LogP contribution is -2.05. The Labute approximate surface area is 161 Å². The minimum atomic E-state index is -0.280. The standard InChI is InChI=1S/C17H15BrClFN4S/c18-15-12(10-5-2-1-3-6-10)13(20)14-16(22-17(19)23-24(14)15)21-9-11-7-4-8-25-11/h1-2,4,7-8,10H,3,5-6,9H2,(H,21,22,23). The molecule has 3 aromatic rings. The Hall–Kier alpha value is -1.44. The Morgan fingerprint density at radius 1 is 1.44 bits per heavy atom. The molecule has 0 aromatic carbocycles. The molecule has 1 N–H and O–H groups in total. The van der Waals surface area contributed by atoms with E-state index in [-0.39, 0.29) is 17.0 Å². The molecular weight excluding hydrogens is 427 g/mol. The number of allylic oxidation sites excluding steroid dienone is 2. The van der Waals surface area contributed by atoms with Crippen molar-refractivity contribution >= 4 is 50.2 Å². The van der Waals surface area contributed by atoms with Gasteiger partial charge in [-0.15, -0.1) is 16.4 Å². The number of anilines is 1. The summed E-state index contributed by atoms with van der Waals surface area (Å²) in [5.41, 5.74) is 0.984. The number of nitrogens with one attached hydrogen (secondary N) is 1. The number of aromatic nitrogens is 3. The third-order valence-electron chi connectivity index (χ3n) is 4.36. The fourth-order valence-electron chi connectivity index (χ4n) is 3.18. The molecule has 0 fully saturated rings. The van der Waals surface area contributed by atoms with E-state index in [2.05, 4.69) is 43.5 Å². The van der Waals surface area contributed by atoms with Crippen molar-refractivity contribution in [3.63, 3.8) is 0 Å². The lowest BCUT2D eigenvalue weighted by atomic mass is 9.89. The molecule has 8 heteroatoms. The third-order valence-corrected chi connectivity index (χ3v) is 6.16. The fraction of sp³-hybridized carbons (Fsp3) is 0.294. The van der Waals surface area contributed by atoms with Gasteiger partial charge in [-0.05, 0) is 64.2 Å². The van der Waals surface area contributed by atoms with Crippen LogP contribution in [0.5, 0.6) is 0 Å². The van der Waals surface area contributed by atoms with Crippen LogP contribution in [0.1, 0.15) is 35.6 Å². The summed E-state index contributed by atoms with van der Waals surface area (Å²) in [6.45, 7) is 0.560.